The number of carbonyl (C=O) groups is 1. The Morgan fingerprint density at radius 3 is 2.43 bits per heavy atom. The maximum absolute atomic E-state index is 11.6. The van der Waals surface area contributed by atoms with E-state index in [4.69, 9.17) is 0 Å². The Balaban J connectivity index is 2.84. The fourth-order valence-corrected chi connectivity index (χ4v) is 2.85. The van der Waals surface area contributed by atoms with Crippen LogP contribution in [0.2, 0.25) is 0 Å². The number of sulfonamides is 1. The summed E-state index contributed by atoms with van der Waals surface area (Å²) < 4.78 is 24.6. The molecule has 0 amide bonds. The average molecular weight is 219 g/mol. The molecule has 0 aromatic heterocycles. The van der Waals surface area contributed by atoms with Gasteiger partial charge < -0.3 is 0 Å². The van der Waals surface area contributed by atoms with E-state index in [0.29, 0.717) is 19.5 Å². The monoisotopic (exact) mass is 219 g/mol. The van der Waals surface area contributed by atoms with Gasteiger partial charge in [0.15, 0.2) is 0 Å². The molecule has 0 radical (unpaired) electrons. The van der Waals surface area contributed by atoms with Crippen LogP contribution in [-0.2, 0) is 14.8 Å². The molecule has 1 fully saturated rings. The Morgan fingerprint density at radius 2 is 2.00 bits per heavy atom. The van der Waals surface area contributed by atoms with Gasteiger partial charge in [0, 0.05) is 24.9 Å². The van der Waals surface area contributed by atoms with Gasteiger partial charge in [-0.25, -0.2) is 12.7 Å². The third kappa shape index (κ3) is 2.15. The summed E-state index contributed by atoms with van der Waals surface area (Å²) in [5.74, 6) is 0.261. The summed E-state index contributed by atoms with van der Waals surface area (Å²) in [6, 6.07) is 0. The van der Waals surface area contributed by atoms with Crippen molar-refractivity contribution in [1.82, 2.24) is 4.31 Å². The van der Waals surface area contributed by atoms with Crippen LogP contribution in [0, 0.1) is 5.41 Å². The van der Waals surface area contributed by atoms with Crippen molar-refractivity contribution in [3.63, 3.8) is 0 Å². The Kier molecular flexibility index (Phi) is 3.02. The molecule has 1 saturated heterocycles. The molecule has 0 aliphatic carbocycles. The molecule has 14 heavy (non-hydrogen) atoms. The molecular formula is C9H17NO3S. The third-order valence-electron chi connectivity index (χ3n) is 2.67. The summed E-state index contributed by atoms with van der Waals surface area (Å²) in [6.07, 6.45) is 0.340. The summed E-state index contributed by atoms with van der Waals surface area (Å²) in [5.41, 5.74) is -0.527. The first-order valence-corrected chi connectivity index (χ1v) is 6.41. The predicted octanol–water partition coefficient (Wildman–Crippen LogP) is 0.637. The van der Waals surface area contributed by atoms with Gasteiger partial charge in [-0.05, 0) is 6.92 Å². The van der Waals surface area contributed by atoms with Crippen LogP contribution in [0.1, 0.15) is 27.2 Å². The number of hydrogen-bond donors (Lipinski definition) is 0. The van der Waals surface area contributed by atoms with E-state index in [0.717, 1.165) is 0 Å². The molecule has 5 heteroatoms. The quantitative estimate of drug-likeness (QED) is 0.684. The smallest absolute Gasteiger partial charge is 0.213 e. The summed E-state index contributed by atoms with van der Waals surface area (Å²) in [7, 11) is -3.13. The van der Waals surface area contributed by atoms with Crippen molar-refractivity contribution in [2.24, 2.45) is 5.41 Å². The van der Waals surface area contributed by atoms with E-state index >= 15 is 0 Å². The minimum Gasteiger partial charge on any atom is -0.299 e. The first kappa shape index (κ1) is 11.7. The number of rotatable bonds is 2. The van der Waals surface area contributed by atoms with Gasteiger partial charge in [-0.15, -0.1) is 0 Å². The van der Waals surface area contributed by atoms with Gasteiger partial charge in [-0.2, -0.15) is 0 Å². The van der Waals surface area contributed by atoms with Crippen LogP contribution in [0.25, 0.3) is 0 Å². The number of hydrogen-bond acceptors (Lipinski definition) is 3. The highest BCUT2D eigenvalue weighted by Crippen LogP contribution is 2.26. The van der Waals surface area contributed by atoms with E-state index in [1.165, 1.54) is 4.31 Å². The van der Waals surface area contributed by atoms with Crippen molar-refractivity contribution in [2.75, 3.05) is 18.8 Å². The van der Waals surface area contributed by atoms with Crippen molar-refractivity contribution in [3.05, 3.63) is 0 Å². The summed E-state index contributed by atoms with van der Waals surface area (Å²) in [6.45, 7) is 5.89. The second-order valence-corrected chi connectivity index (χ2v) is 6.55. The summed E-state index contributed by atoms with van der Waals surface area (Å²) >= 11 is 0. The maximum Gasteiger partial charge on any atom is 0.213 e. The zero-order chi connectivity index (χ0) is 11.0. The highest BCUT2D eigenvalue weighted by molar-refractivity contribution is 7.89. The van der Waals surface area contributed by atoms with Crippen LogP contribution < -0.4 is 0 Å². The first-order chi connectivity index (χ1) is 6.29. The lowest BCUT2D eigenvalue weighted by Crippen LogP contribution is -2.48. The highest BCUT2D eigenvalue weighted by atomic mass is 32.2. The van der Waals surface area contributed by atoms with Crippen LogP contribution in [-0.4, -0.2) is 37.3 Å². The van der Waals surface area contributed by atoms with Crippen molar-refractivity contribution in [3.8, 4) is 0 Å². The molecule has 0 aromatic rings. The van der Waals surface area contributed by atoms with Gasteiger partial charge in [0.25, 0.3) is 0 Å². The van der Waals surface area contributed by atoms with E-state index in [2.05, 4.69) is 0 Å². The number of piperidine rings is 1. The summed E-state index contributed by atoms with van der Waals surface area (Å²) in [4.78, 5) is 11.5. The molecule has 0 N–H and O–H groups in total. The zero-order valence-corrected chi connectivity index (χ0v) is 9.73. The number of Topliss-reactive ketones (excluding diaryl/α,β-unsaturated/α-hetero) is 1. The van der Waals surface area contributed by atoms with Crippen molar-refractivity contribution in [1.29, 1.82) is 0 Å². The largest absolute Gasteiger partial charge is 0.299 e. The minimum absolute atomic E-state index is 0.108. The number of carbonyl (C=O) groups excluding carboxylic acids is 1. The minimum atomic E-state index is -3.13. The van der Waals surface area contributed by atoms with Gasteiger partial charge in [0.05, 0.1) is 5.75 Å². The molecule has 1 rings (SSSR count). The lowest BCUT2D eigenvalue weighted by Gasteiger charge is -2.35. The van der Waals surface area contributed by atoms with E-state index in [-0.39, 0.29) is 11.5 Å². The second-order valence-electron chi connectivity index (χ2n) is 4.29. The van der Waals surface area contributed by atoms with Crippen molar-refractivity contribution < 1.29 is 13.2 Å². The van der Waals surface area contributed by atoms with E-state index < -0.39 is 15.4 Å². The van der Waals surface area contributed by atoms with E-state index in [1.54, 1.807) is 20.8 Å². The lowest BCUT2D eigenvalue weighted by molar-refractivity contribution is -0.129. The fourth-order valence-electron chi connectivity index (χ4n) is 1.59. The zero-order valence-electron chi connectivity index (χ0n) is 8.91. The standard InChI is InChI=1S/C9H17NO3S/c1-4-14(12,13)10-6-5-8(11)9(2,3)7-10/h4-7H2,1-3H3. The molecule has 82 valence electrons. The van der Waals surface area contributed by atoms with Crippen LogP contribution in [0.5, 0.6) is 0 Å². The van der Waals surface area contributed by atoms with Gasteiger partial charge >= 0.3 is 0 Å². The van der Waals surface area contributed by atoms with E-state index in [9.17, 15) is 13.2 Å². The molecule has 0 saturated carbocycles. The van der Waals surface area contributed by atoms with Crippen molar-refractivity contribution in [2.45, 2.75) is 27.2 Å². The van der Waals surface area contributed by atoms with Crippen LogP contribution in [0.3, 0.4) is 0 Å². The topological polar surface area (TPSA) is 54.5 Å². The molecule has 1 heterocycles. The molecule has 0 unspecified atom stereocenters. The maximum atomic E-state index is 11.6. The predicted molar refractivity (Wildman–Crippen MR) is 54.4 cm³/mol. The Labute approximate surface area is 85.3 Å². The highest BCUT2D eigenvalue weighted by Gasteiger charge is 2.38. The summed E-state index contributed by atoms with van der Waals surface area (Å²) in [5, 5.41) is 0. The SMILES string of the molecule is CCS(=O)(=O)N1CCC(=O)C(C)(C)C1. The lowest BCUT2D eigenvalue weighted by atomic mass is 9.84. The Hall–Kier alpha value is -0.420. The molecule has 1 aliphatic heterocycles. The third-order valence-corrected chi connectivity index (χ3v) is 4.50. The van der Waals surface area contributed by atoms with Gasteiger partial charge in [0.1, 0.15) is 5.78 Å². The number of nitrogens with zero attached hydrogens (tertiary/aromatic N) is 1. The fraction of sp³-hybridized carbons (Fsp3) is 0.889. The average Bonchev–Trinajstić information content (AvgIpc) is 2.09. The van der Waals surface area contributed by atoms with Crippen LogP contribution in [0.15, 0.2) is 0 Å². The molecule has 0 atom stereocenters. The van der Waals surface area contributed by atoms with Gasteiger partial charge in [-0.3, -0.25) is 4.79 Å². The second kappa shape index (κ2) is 3.62. The normalized spacial score (nSPS) is 23.8. The molecular weight excluding hydrogens is 202 g/mol. The Morgan fingerprint density at radius 1 is 1.43 bits per heavy atom. The van der Waals surface area contributed by atoms with Crippen molar-refractivity contribution >= 4 is 15.8 Å². The molecule has 0 spiro atoms. The van der Waals surface area contributed by atoms with Crippen LogP contribution >= 0.6 is 0 Å². The van der Waals surface area contributed by atoms with Gasteiger partial charge in [-0.1, -0.05) is 13.8 Å². The first-order valence-electron chi connectivity index (χ1n) is 4.81. The van der Waals surface area contributed by atoms with Gasteiger partial charge in [0.2, 0.25) is 10.0 Å². The van der Waals surface area contributed by atoms with E-state index in [1.807, 2.05) is 0 Å². The molecule has 0 bridgehead atoms. The van der Waals surface area contributed by atoms with Crippen LogP contribution in [0.4, 0.5) is 0 Å². The number of ketones is 1. The Bertz CT molecular complexity index is 332. The molecule has 4 nitrogen and oxygen atoms in total. The molecule has 0 aromatic carbocycles. The molecule has 1 aliphatic rings.